The predicted molar refractivity (Wildman–Crippen MR) is 81.4 cm³/mol. The third-order valence-electron chi connectivity index (χ3n) is 3.47. The molecule has 7 nitrogen and oxygen atoms in total. The summed E-state index contributed by atoms with van der Waals surface area (Å²) in [6.07, 6.45) is -0.800. The van der Waals surface area contributed by atoms with Crippen LogP contribution in [0.15, 0.2) is 35.5 Å². The zero-order valence-electron chi connectivity index (χ0n) is 13.1. The Morgan fingerprint density at radius 3 is 2.57 bits per heavy atom. The molecule has 1 N–H and O–H groups in total. The Balaban J connectivity index is 2.53. The number of imide groups is 1. The molecule has 1 unspecified atom stereocenters. The lowest BCUT2D eigenvalue weighted by atomic mass is 9.95. The van der Waals surface area contributed by atoms with Gasteiger partial charge in [0.05, 0.1) is 25.4 Å². The highest BCUT2D eigenvalue weighted by atomic mass is 16.6. The number of carbonyl (C=O) groups is 2. The summed E-state index contributed by atoms with van der Waals surface area (Å²) in [6, 6.07) is 7.43. The molecule has 0 spiro atoms. The molecule has 7 heteroatoms. The molecule has 0 bridgehead atoms. The number of nitrogens with one attached hydrogen (secondary N) is 1. The van der Waals surface area contributed by atoms with Crippen molar-refractivity contribution in [3.05, 3.63) is 41.1 Å². The Bertz CT molecular complexity index is 688. The number of nitriles is 1. The van der Waals surface area contributed by atoms with E-state index in [0.717, 1.165) is 4.90 Å². The number of allylic oxidation sites excluding steroid dienone is 1. The van der Waals surface area contributed by atoms with Crippen LogP contribution in [0.3, 0.4) is 0 Å². The van der Waals surface area contributed by atoms with E-state index in [1.54, 1.807) is 45.2 Å². The highest BCUT2D eigenvalue weighted by molar-refractivity contribution is 5.94. The van der Waals surface area contributed by atoms with Crippen LogP contribution in [0.2, 0.25) is 0 Å². The van der Waals surface area contributed by atoms with Crippen molar-refractivity contribution in [2.24, 2.45) is 0 Å². The Kier molecular flexibility index (Phi) is 4.86. The number of carbonyl (C=O) groups excluding carboxylic acids is 2. The number of rotatable bonds is 3. The van der Waals surface area contributed by atoms with E-state index in [1.807, 2.05) is 0 Å². The van der Waals surface area contributed by atoms with Crippen molar-refractivity contribution in [2.45, 2.75) is 19.9 Å². The van der Waals surface area contributed by atoms with Gasteiger partial charge in [-0.3, -0.25) is 0 Å². The first kappa shape index (κ1) is 16.4. The number of amides is 3. The maximum atomic E-state index is 12.2. The SMILES string of the molecule is CCOC(=O)N1C(=O)NC(C)=C(C#N)C1c1ccc(OC)cc1. The van der Waals surface area contributed by atoms with E-state index >= 15 is 0 Å². The van der Waals surface area contributed by atoms with Crippen LogP contribution in [0, 0.1) is 11.3 Å². The van der Waals surface area contributed by atoms with Crippen molar-refractivity contribution in [2.75, 3.05) is 13.7 Å². The quantitative estimate of drug-likeness (QED) is 0.926. The Morgan fingerprint density at radius 1 is 1.39 bits per heavy atom. The first-order valence-electron chi connectivity index (χ1n) is 7.05. The van der Waals surface area contributed by atoms with Gasteiger partial charge in [0.25, 0.3) is 0 Å². The molecule has 0 saturated carbocycles. The Morgan fingerprint density at radius 2 is 2.04 bits per heavy atom. The van der Waals surface area contributed by atoms with E-state index in [2.05, 4.69) is 11.4 Å². The van der Waals surface area contributed by atoms with E-state index in [1.165, 1.54) is 0 Å². The summed E-state index contributed by atoms with van der Waals surface area (Å²) >= 11 is 0. The largest absolute Gasteiger partial charge is 0.497 e. The van der Waals surface area contributed by atoms with E-state index in [-0.39, 0.29) is 12.2 Å². The molecule has 0 aromatic heterocycles. The lowest BCUT2D eigenvalue weighted by molar-refractivity contribution is 0.104. The maximum absolute atomic E-state index is 12.2. The lowest BCUT2D eigenvalue weighted by Crippen LogP contribution is -2.50. The van der Waals surface area contributed by atoms with Crippen LogP contribution in [-0.2, 0) is 4.74 Å². The smallest absolute Gasteiger partial charge is 0.418 e. The second-order valence-electron chi connectivity index (χ2n) is 4.83. The van der Waals surface area contributed by atoms with E-state index in [0.29, 0.717) is 17.0 Å². The number of hydrogen-bond donors (Lipinski definition) is 1. The normalized spacial score (nSPS) is 17.4. The molecule has 3 amide bonds. The summed E-state index contributed by atoms with van der Waals surface area (Å²) in [5.41, 5.74) is 1.31. The van der Waals surface area contributed by atoms with Crippen molar-refractivity contribution in [1.82, 2.24) is 10.2 Å². The molecule has 0 aliphatic carbocycles. The lowest BCUT2D eigenvalue weighted by Gasteiger charge is -2.34. The van der Waals surface area contributed by atoms with Crippen LogP contribution >= 0.6 is 0 Å². The summed E-state index contributed by atoms with van der Waals surface area (Å²) in [5, 5.41) is 12.0. The van der Waals surface area contributed by atoms with Crippen molar-refractivity contribution >= 4 is 12.1 Å². The van der Waals surface area contributed by atoms with Gasteiger partial charge in [-0.05, 0) is 31.5 Å². The van der Waals surface area contributed by atoms with Gasteiger partial charge >= 0.3 is 12.1 Å². The number of ether oxygens (including phenoxy) is 2. The summed E-state index contributed by atoms with van der Waals surface area (Å²) < 4.78 is 10.0. The second-order valence-corrected chi connectivity index (χ2v) is 4.83. The summed E-state index contributed by atoms with van der Waals surface area (Å²) in [6.45, 7) is 3.40. The van der Waals surface area contributed by atoms with Crippen LogP contribution in [-0.4, -0.2) is 30.7 Å². The monoisotopic (exact) mass is 315 g/mol. The highest BCUT2D eigenvalue weighted by Gasteiger charge is 2.39. The molecule has 0 fully saturated rings. The van der Waals surface area contributed by atoms with Crippen LogP contribution < -0.4 is 10.1 Å². The van der Waals surface area contributed by atoms with Crippen molar-refractivity contribution < 1.29 is 19.1 Å². The molecule has 0 saturated heterocycles. The minimum Gasteiger partial charge on any atom is -0.497 e. The molecule has 1 aromatic rings. The molecule has 120 valence electrons. The van der Waals surface area contributed by atoms with Gasteiger partial charge < -0.3 is 14.8 Å². The first-order valence-corrected chi connectivity index (χ1v) is 7.05. The van der Waals surface area contributed by atoms with Crippen LogP contribution in [0.25, 0.3) is 0 Å². The average molecular weight is 315 g/mol. The maximum Gasteiger partial charge on any atom is 0.418 e. The molecule has 1 heterocycles. The average Bonchev–Trinajstić information content (AvgIpc) is 2.54. The molecular formula is C16H17N3O4. The number of hydrogen-bond acceptors (Lipinski definition) is 5. The Hall–Kier alpha value is -3.01. The molecule has 1 aliphatic heterocycles. The number of benzene rings is 1. The van der Waals surface area contributed by atoms with Gasteiger partial charge in [0, 0.05) is 5.70 Å². The van der Waals surface area contributed by atoms with Gasteiger partial charge in [-0.1, -0.05) is 12.1 Å². The second kappa shape index (κ2) is 6.83. The standard InChI is InChI=1S/C16H17N3O4/c1-4-23-16(21)19-14(11-5-7-12(22-3)8-6-11)13(9-17)10(2)18-15(19)20/h5-8,14H,4H2,1-3H3,(H,18,20). The topological polar surface area (TPSA) is 91.7 Å². The van der Waals surface area contributed by atoms with Crippen molar-refractivity contribution in [3.63, 3.8) is 0 Å². The van der Waals surface area contributed by atoms with Gasteiger partial charge in [0.2, 0.25) is 0 Å². The van der Waals surface area contributed by atoms with Gasteiger partial charge in [-0.25, -0.2) is 14.5 Å². The number of urea groups is 1. The third kappa shape index (κ3) is 3.11. The fourth-order valence-corrected chi connectivity index (χ4v) is 2.37. The van der Waals surface area contributed by atoms with Gasteiger partial charge in [-0.2, -0.15) is 5.26 Å². The zero-order valence-corrected chi connectivity index (χ0v) is 13.1. The fourth-order valence-electron chi connectivity index (χ4n) is 2.37. The predicted octanol–water partition coefficient (Wildman–Crippen LogP) is 2.72. The third-order valence-corrected chi connectivity index (χ3v) is 3.47. The van der Waals surface area contributed by atoms with Crippen molar-refractivity contribution in [1.29, 1.82) is 5.26 Å². The Labute approximate surface area is 134 Å². The van der Waals surface area contributed by atoms with Crippen LogP contribution in [0.4, 0.5) is 9.59 Å². The van der Waals surface area contributed by atoms with Gasteiger partial charge in [-0.15, -0.1) is 0 Å². The molecule has 2 rings (SSSR count). The molecule has 1 aromatic carbocycles. The first-order chi connectivity index (χ1) is 11.0. The minimum absolute atomic E-state index is 0.128. The van der Waals surface area contributed by atoms with E-state index in [4.69, 9.17) is 9.47 Å². The summed E-state index contributed by atoms with van der Waals surface area (Å²) in [5.74, 6) is 0.635. The molecular weight excluding hydrogens is 298 g/mol. The van der Waals surface area contributed by atoms with E-state index in [9.17, 15) is 14.9 Å². The van der Waals surface area contributed by atoms with Crippen molar-refractivity contribution in [3.8, 4) is 11.8 Å². The molecule has 1 atom stereocenters. The van der Waals surface area contributed by atoms with Crippen LogP contribution in [0.5, 0.6) is 5.75 Å². The summed E-state index contributed by atoms with van der Waals surface area (Å²) in [7, 11) is 1.54. The minimum atomic E-state index is -0.835. The summed E-state index contributed by atoms with van der Waals surface area (Å²) in [4.78, 5) is 25.3. The fraction of sp³-hybridized carbons (Fsp3) is 0.312. The molecule has 1 aliphatic rings. The zero-order chi connectivity index (χ0) is 17.0. The van der Waals surface area contributed by atoms with Gasteiger partial charge in [0.1, 0.15) is 11.8 Å². The number of methoxy groups -OCH3 is 1. The molecule has 0 radical (unpaired) electrons. The van der Waals surface area contributed by atoms with Gasteiger partial charge in [0.15, 0.2) is 0 Å². The molecule has 23 heavy (non-hydrogen) atoms. The number of nitrogens with zero attached hydrogens (tertiary/aromatic N) is 2. The highest BCUT2D eigenvalue weighted by Crippen LogP contribution is 2.34. The van der Waals surface area contributed by atoms with Crippen LogP contribution in [0.1, 0.15) is 25.5 Å². The van der Waals surface area contributed by atoms with E-state index < -0.39 is 18.2 Å².